The molecule has 0 unspecified atom stereocenters. The average molecular weight is 187 g/mol. The molecule has 2 N–H and O–H groups in total. The highest BCUT2D eigenvalue weighted by molar-refractivity contribution is 6.29. The Morgan fingerprint density at radius 2 is 2.25 bits per heavy atom. The van der Waals surface area contributed by atoms with Gasteiger partial charge >= 0.3 is 6.03 Å². The minimum absolute atomic E-state index is 0.289. The molecule has 1 rings (SSSR count). The van der Waals surface area contributed by atoms with Crippen molar-refractivity contribution in [1.29, 1.82) is 0 Å². The summed E-state index contributed by atoms with van der Waals surface area (Å²) in [6, 6.07) is 2.76. The minimum atomic E-state index is -0.341. The van der Waals surface area contributed by atoms with Gasteiger partial charge in [0.05, 0.1) is 0 Å². The summed E-state index contributed by atoms with van der Waals surface area (Å²) in [6.45, 7) is 0. The first-order valence-electron chi connectivity index (χ1n) is 3.20. The number of hydrogen-bond acceptors (Lipinski definition) is 3. The van der Waals surface area contributed by atoms with Crippen LogP contribution < -0.4 is 10.6 Å². The summed E-state index contributed by atoms with van der Waals surface area (Å²) in [5.74, 6) is 0.360. The van der Waals surface area contributed by atoms with Gasteiger partial charge in [-0.05, 0) is 12.1 Å². The maximum atomic E-state index is 10.7. The number of amides is 2. The molecule has 0 aliphatic carbocycles. The van der Waals surface area contributed by atoms with Crippen LogP contribution in [0.1, 0.15) is 0 Å². The highest BCUT2D eigenvalue weighted by atomic mass is 35.5. The van der Waals surface area contributed by atoms with E-state index in [0.717, 1.165) is 0 Å². The van der Waals surface area contributed by atoms with Crippen molar-refractivity contribution in [2.24, 2.45) is 0 Å². The van der Waals surface area contributed by atoms with Crippen molar-refractivity contribution in [1.82, 2.24) is 15.5 Å². The standard InChI is InChI=1S/C6H7ClN4O/c1-8-6(12)9-5-3-2-4(7)10-11-5/h2-3H,1H3,(H2,8,9,11,12). The second-order valence-electron chi connectivity index (χ2n) is 1.95. The molecule has 6 heteroatoms. The number of hydrogen-bond donors (Lipinski definition) is 2. The molecule has 0 spiro atoms. The molecule has 5 nitrogen and oxygen atoms in total. The second kappa shape index (κ2) is 3.87. The van der Waals surface area contributed by atoms with E-state index in [-0.39, 0.29) is 11.2 Å². The summed E-state index contributed by atoms with van der Waals surface area (Å²) in [5, 5.41) is 12.3. The van der Waals surface area contributed by atoms with Crippen molar-refractivity contribution in [2.45, 2.75) is 0 Å². The Morgan fingerprint density at radius 1 is 1.50 bits per heavy atom. The molecule has 0 aliphatic rings. The average Bonchev–Trinajstić information content (AvgIpc) is 2.09. The highest BCUT2D eigenvalue weighted by Crippen LogP contribution is 2.05. The Kier molecular flexibility index (Phi) is 2.82. The second-order valence-corrected chi connectivity index (χ2v) is 2.33. The van der Waals surface area contributed by atoms with Crippen LogP contribution in [0.15, 0.2) is 12.1 Å². The van der Waals surface area contributed by atoms with Crippen molar-refractivity contribution < 1.29 is 4.79 Å². The lowest BCUT2D eigenvalue weighted by Gasteiger charge is -2.00. The van der Waals surface area contributed by atoms with Gasteiger partial charge in [0.2, 0.25) is 0 Å². The van der Waals surface area contributed by atoms with Crippen molar-refractivity contribution >= 4 is 23.4 Å². The summed E-state index contributed by atoms with van der Waals surface area (Å²) in [7, 11) is 1.51. The zero-order valence-corrected chi connectivity index (χ0v) is 7.09. The normalized spacial score (nSPS) is 9.17. The van der Waals surface area contributed by atoms with Crippen LogP contribution in [0.5, 0.6) is 0 Å². The zero-order valence-electron chi connectivity index (χ0n) is 6.34. The van der Waals surface area contributed by atoms with Crippen molar-refractivity contribution in [2.75, 3.05) is 12.4 Å². The number of aromatic nitrogens is 2. The van der Waals surface area contributed by atoms with Crippen LogP contribution in [-0.2, 0) is 0 Å². The van der Waals surface area contributed by atoms with E-state index < -0.39 is 0 Å². The molecule has 0 aromatic carbocycles. The van der Waals surface area contributed by atoms with Crippen LogP contribution in [0.25, 0.3) is 0 Å². The first-order chi connectivity index (χ1) is 5.72. The maximum Gasteiger partial charge on any atom is 0.320 e. The van der Waals surface area contributed by atoms with Gasteiger partial charge in [-0.25, -0.2) is 4.79 Å². The number of nitrogens with zero attached hydrogens (tertiary/aromatic N) is 2. The number of nitrogens with one attached hydrogen (secondary N) is 2. The molecular formula is C6H7ClN4O. The van der Waals surface area contributed by atoms with Gasteiger partial charge in [0.25, 0.3) is 0 Å². The van der Waals surface area contributed by atoms with Crippen LogP contribution in [0.4, 0.5) is 10.6 Å². The van der Waals surface area contributed by atoms with Crippen LogP contribution in [0.2, 0.25) is 5.15 Å². The SMILES string of the molecule is CNC(=O)Nc1ccc(Cl)nn1. The Balaban J connectivity index is 2.64. The lowest BCUT2D eigenvalue weighted by Crippen LogP contribution is -2.25. The molecule has 0 saturated heterocycles. The fraction of sp³-hybridized carbons (Fsp3) is 0.167. The molecule has 0 fully saturated rings. The largest absolute Gasteiger partial charge is 0.341 e. The Bertz CT molecular complexity index is 273. The van der Waals surface area contributed by atoms with Crippen molar-refractivity contribution in [3.63, 3.8) is 0 Å². The molecule has 0 radical (unpaired) electrons. The van der Waals surface area contributed by atoms with Crippen molar-refractivity contribution in [3.05, 3.63) is 17.3 Å². The molecular weight excluding hydrogens is 180 g/mol. The number of carbonyl (C=O) groups excluding carboxylic acids is 1. The van der Waals surface area contributed by atoms with E-state index in [4.69, 9.17) is 11.6 Å². The van der Waals surface area contributed by atoms with Gasteiger partial charge < -0.3 is 5.32 Å². The zero-order chi connectivity index (χ0) is 8.97. The fourth-order valence-corrected chi connectivity index (χ4v) is 0.662. The van der Waals surface area contributed by atoms with Gasteiger partial charge in [0.15, 0.2) is 11.0 Å². The number of rotatable bonds is 1. The van der Waals surface area contributed by atoms with E-state index in [1.54, 1.807) is 12.1 Å². The first-order valence-corrected chi connectivity index (χ1v) is 3.58. The van der Waals surface area contributed by atoms with Gasteiger partial charge in [-0.15, -0.1) is 10.2 Å². The monoisotopic (exact) mass is 186 g/mol. The lowest BCUT2D eigenvalue weighted by molar-refractivity contribution is 0.254. The topological polar surface area (TPSA) is 66.9 Å². The van der Waals surface area contributed by atoms with Gasteiger partial charge in [0, 0.05) is 7.05 Å². The summed E-state index contributed by atoms with van der Waals surface area (Å²) in [4.78, 5) is 10.7. The van der Waals surface area contributed by atoms with E-state index in [1.165, 1.54) is 7.05 Å². The third-order valence-electron chi connectivity index (χ3n) is 1.10. The summed E-state index contributed by atoms with van der Waals surface area (Å²) in [6.07, 6.45) is 0. The van der Waals surface area contributed by atoms with E-state index in [2.05, 4.69) is 20.8 Å². The van der Waals surface area contributed by atoms with Gasteiger partial charge in [-0.2, -0.15) is 0 Å². The molecule has 0 aliphatic heterocycles. The number of halogens is 1. The third-order valence-corrected chi connectivity index (χ3v) is 1.30. The number of urea groups is 1. The summed E-state index contributed by atoms with van der Waals surface area (Å²) >= 11 is 5.48. The van der Waals surface area contributed by atoms with E-state index >= 15 is 0 Å². The molecule has 64 valence electrons. The predicted molar refractivity (Wildman–Crippen MR) is 45.1 cm³/mol. The summed E-state index contributed by atoms with van der Waals surface area (Å²) < 4.78 is 0. The van der Waals surface area contributed by atoms with Crippen LogP contribution in [0, 0.1) is 0 Å². The van der Waals surface area contributed by atoms with E-state index in [1.807, 2.05) is 0 Å². The van der Waals surface area contributed by atoms with Gasteiger partial charge in [-0.3, -0.25) is 5.32 Å². The molecule has 2 amide bonds. The molecule has 0 atom stereocenters. The highest BCUT2D eigenvalue weighted by Gasteiger charge is 1.99. The van der Waals surface area contributed by atoms with Gasteiger partial charge in [0.1, 0.15) is 0 Å². The molecule has 1 aromatic heterocycles. The first kappa shape index (κ1) is 8.73. The number of carbonyl (C=O) groups is 1. The number of anilines is 1. The minimum Gasteiger partial charge on any atom is -0.341 e. The van der Waals surface area contributed by atoms with Crippen molar-refractivity contribution in [3.8, 4) is 0 Å². The Hall–Kier alpha value is -1.36. The molecule has 1 aromatic rings. The fourth-order valence-electron chi connectivity index (χ4n) is 0.561. The Labute approximate surface area is 74.1 Å². The molecule has 12 heavy (non-hydrogen) atoms. The Morgan fingerprint density at radius 3 is 2.75 bits per heavy atom. The quantitative estimate of drug-likeness (QED) is 0.684. The third kappa shape index (κ3) is 2.35. The maximum absolute atomic E-state index is 10.7. The van der Waals surface area contributed by atoms with Gasteiger partial charge in [-0.1, -0.05) is 11.6 Å². The smallest absolute Gasteiger partial charge is 0.320 e. The molecule has 0 bridgehead atoms. The molecule has 0 saturated carbocycles. The predicted octanol–water partition coefficient (Wildman–Crippen LogP) is 0.881. The van der Waals surface area contributed by atoms with Crippen LogP contribution in [-0.4, -0.2) is 23.3 Å². The molecule has 1 heterocycles. The summed E-state index contributed by atoms with van der Waals surface area (Å²) in [5.41, 5.74) is 0. The van der Waals surface area contributed by atoms with E-state index in [0.29, 0.717) is 5.82 Å². The van der Waals surface area contributed by atoms with Crippen LogP contribution in [0.3, 0.4) is 0 Å². The lowest BCUT2D eigenvalue weighted by atomic mass is 10.5. The van der Waals surface area contributed by atoms with E-state index in [9.17, 15) is 4.79 Å². The van der Waals surface area contributed by atoms with Crippen LogP contribution >= 0.6 is 11.6 Å².